The zero-order valence-corrected chi connectivity index (χ0v) is 19.7. The maximum absolute atomic E-state index is 13.6. The van der Waals surface area contributed by atoms with E-state index in [0.29, 0.717) is 16.4 Å². The second kappa shape index (κ2) is 9.15. The zero-order valence-electron chi connectivity index (χ0n) is 18.9. The SMILES string of the molecule is COc1cc2c(cc1OC)C1Cc3ccc(OC)c(OSc4cccc(F)c4)c3CN1CC2. The van der Waals surface area contributed by atoms with E-state index in [9.17, 15) is 4.39 Å². The third-order valence-electron chi connectivity index (χ3n) is 6.45. The number of benzene rings is 3. The molecule has 1 unspecified atom stereocenters. The second-order valence-corrected chi connectivity index (χ2v) is 9.01. The highest BCUT2D eigenvalue weighted by molar-refractivity contribution is 7.95. The maximum atomic E-state index is 13.6. The van der Waals surface area contributed by atoms with E-state index in [1.807, 2.05) is 12.1 Å². The molecule has 0 radical (unpaired) electrons. The van der Waals surface area contributed by atoms with Crippen LogP contribution in [0.2, 0.25) is 0 Å². The van der Waals surface area contributed by atoms with E-state index in [1.165, 1.54) is 28.8 Å². The molecule has 2 heterocycles. The van der Waals surface area contributed by atoms with Crippen LogP contribution in [0.3, 0.4) is 0 Å². The van der Waals surface area contributed by atoms with Gasteiger partial charge in [0.05, 0.1) is 38.3 Å². The summed E-state index contributed by atoms with van der Waals surface area (Å²) in [6.07, 6.45) is 1.81. The first-order valence-corrected chi connectivity index (χ1v) is 11.6. The van der Waals surface area contributed by atoms with E-state index in [-0.39, 0.29) is 11.9 Å². The van der Waals surface area contributed by atoms with Crippen LogP contribution in [-0.4, -0.2) is 32.8 Å². The van der Waals surface area contributed by atoms with E-state index in [1.54, 1.807) is 27.4 Å². The van der Waals surface area contributed by atoms with Crippen LogP contribution in [0.1, 0.15) is 28.3 Å². The van der Waals surface area contributed by atoms with Gasteiger partial charge in [0.1, 0.15) is 5.82 Å². The monoisotopic (exact) mass is 467 g/mol. The van der Waals surface area contributed by atoms with Crippen molar-refractivity contribution in [2.24, 2.45) is 0 Å². The Morgan fingerprint density at radius 2 is 1.70 bits per heavy atom. The first-order valence-electron chi connectivity index (χ1n) is 10.9. The van der Waals surface area contributed by atoms with E-state index in [2.05, 4.69) is 23.1 Å². The van der Waals surface area contributed by atoms with E-state index in [4.69, 9.17) is 18.4 Å². The number of methoxy groups -OCH3 is 3. The van der Waals surface area contributed by atoms with E-state index in [0.717, 1.165) is 55.0 Å². The van der Waals surface area contributed by atoms with Crippen molar-refractivity contribution in [1.29, 1.82) is 0 Å². The van der Waals surface area contributed by atoms with Gasteiger partial charge in [0.15, 0.2) is 23.0 Å². The van der Waals surface area contributed by atoms with Crippen molar-refractivity contribution >= 4 is 12.0 Å². The second-order valence-electron chi connectivity index (χ2n) is 8.21. The van der Waals surface area contributed by atoms with Crippen molar-refractivity contribution in [3.63, 3.8) is 0 Å². The van der Waals surface area contributed by atoms with Crippen molar-refractivity contribution in [3.05, 3.63) is 76.6 Å². The molecule has 0 aliphatic carbocycles. The highest BCUT2D eigenvalue weighted by Crippen LogP contribution is 2.46. The summed E-state index contributed by atoms with van der Waals surface area (Å²) in [5.41, 5.74) is 4.95. The van der Waals surface area contributed by atoms with Crippen LogP contribution >= 0.6 is 12.0 Å². The molecule has 5 nitrogen and oxygen atoms in total. The average molecular weight is 468 g/mol. The lowest BCUT2D eigenvalue weighted by molar-refractivity contribution is 0.158. The van der Waals surface area contributed by atoms with Crippen molar-refractivity contribution in [3.8, 4) is 23.0 Å². The highest BCUT2D eigenvalue weighted by Gasteiger charge is 2.35. The van der Waals surface area contributed by atoms with Gasteiger partial charge in [0, 0.05) is 24.7 Å². The van der Waals surface area contributed by atoms with Gasteiger partial charge in [0.25, 0.3) is 0 Å². The number of nitrogens with zero attached hydrogens (tertiary/aromatic N) is 1. The Morgan fingerprint density at radius 1 is 0.909 bits per heavy atom. The molecule has 33 heavy (non-hydrogen) atoms. The molecule has 3 aromatic carbocycles. The number of hydrogen-bond acceptors (Lipinski definition) is 6. The minimum absolute atomic E-state index is 0.262. The summed E-state index contributed by atoms with van der Waals surface area (Å²) >= 11 is 1.15. The molecule has 0 N–H and O–H groups in total. The lowest BCUT2D eigenvalue weighted by atomic mass is 9.83. The molecule has 2 aliphatic rings. The number of fused-ring (bicyclic) bond motifs is 4. The summed E-state index contributed by atoms with van der Waals surface area (Å²) in [6.45, 7) is 1.70. The van der Waals surface area contributed by atoms with Crippen LogP contribution in [0.15, 0.2) is 53.4 Å². The summed E-state index contributed by atoms with van der Waals surface area (Å²) in [7, 11) is 4.99. The Morgan fingerprint density at radius 3 is 2.45 bits per heavy atom. The topological polar surface area (TPSA) is 40.2 Å². The zero-order chi connectivity index (χ0) is 22.9. The quantitative estimate of drug-likeness (QED) is 0.440. The molecule has 1 atom stereocenters. The molecule has 172 valence electrons. The molecule has 0 aromatic heterocycles. The molecule has 0 saturated heterocycles. The molecule has 3 aromatic rings. The highest BCUT2D eigenvalue weighted by atomic mass is 32.2. The van der Waals surface area contributed by atoms with Crippen molar-refractivity contribution in [2.75, 3.05) is 27.9 Å². The molecule has 0 bridgehead atoms. The molecular formula is C26H26FNO4S. The minimum Gasteiger partial charge on any atom is -0.493 e. The molecule has 2 aliphatic heterocycles. The standard InChI is InChI=1S/C26H26FNO4S/c1-29-23-8-7-16-11-22-20-14-25(31-3)24(30-2)12-17(20)9-10-28(22)15-21(16)26(23)32-33-19-6-4-5-18(27)13-19/h4-8,12-14,22H,9-11,15H2,1-3H3. The Hall–Kier alpha value is -2.90. The number of hydrogen-bond donors (Lipinski definition) is 0. The Balaban J connectivity index is 1.48. The fraction of sp³-hybridized carbons (Fsp3) is 0.308. The molecule has 7 heteroatoms. The van der Waals surface area contributed by atoms with Gasteiger partial charge in [0.2, 0.25) is 0 Å². The van der Waals surface area contributed by atoms with Crippen LogP contribution in [0.4, 0.5) is 4.39 Å². The third kappa shape index (κ3) is 4.11. The van der Waals surface area contributed by atoms with E-state index >= 15 is 0 Å². The summed E-state index contributed by atoms with van der Waals surface area (Å²) in [5.74, 6) is 2.64. The van der Waals surface area contributed by atoms with E-state index < -0.39 is 0 Å². The Labute approximate surface area is 197 Å². The molecule has 5 rings (SSSR count). The summed E-state index contributed by atoms with van der Waals surface area (Å²) in [4.78, 5) is 3.19. The smallest absolute Gasteiger partial charge is 0.184 e. The lowest BCUT2D eigenvalue weighted by Gasteiger charge is -2.42. The van der Waals surface area contributed by atoms with Crippen molar-refractivity contribution in [2.45, 2.75) is 30.3 Å². The molecule has 0 fully saturated rings. The molecule has 0 amide bonds. The van der Waals surface area contributed by atoms with Crippen LogP contribution in [-0.2, 0) is 19.4 Å². The average Bonchev–Trinajstić information content (AvgIpc) is 2.85. The van der Waals surface area contributed by atoms with Gasteiger partial charge in [-0.1, -0.05) is 12.1 Å². The molecule has 0 spiro atoms. The summed E-state index contributed by atoms with van der Waals surface area (Å²) in [6, 6.07) is 15.0. The van der Waals surface area contributed by atoms with Gasteiger partial charge >= 0.3 is 0 Å². The fourth-order valence-electron chi connectivity index (χ4n) is 4.79. The van der Waals surface area contributed by atoms with Crippen LogP contribution < -0.4 is 18.4 Å². The number of ether oxygens (including phenoxy) is 3. The first kappa shape index (κ1) is 21.9. The maximum Gasteiger partial charge on any atom is 0.184 e. The van der Waals surface area contributed by atoms with Crippen molar-refractivity contribution < 1.29 is 22.8 Å². The van der Waals surface area contributed by atoms with Crippen molar-refractivity contribution in [1.82, 2.24) is 4.90 Å². The minimum atomic E-state index is -0.285. The molecule has 0 saturated carbocycles. The number of halogens is 1. The lowest BCUT2D eigenvalue weighted by Crippen LogP contribution is -2.39. The Bertz CT molecular complexity index is 1190. The molecular weight excluding hydrogens is 441 g/mol. The van der Waals surface area contributed by atoms with Gasteiger partial charge < -0.3 is 18.4 Å². The third-order valence-corrected chi connectivity index (χ3v) is 7.14. The van der Waals surface area contributed by atoms with Crippen LogP contribution in [0.5, 0.6) is 23.0 Å². The predicted molar refractivity (Wildman–Crippen MR) is 126 cm³/mol. The fourth-order valence-corrected chi connectivity index (χ4v) is 5.45. The van der Waals surface area contributed by atoms with Crippen LogP contribution in [0.25, 0.3) is 0 Å². The summed E-state index contributed by atoms with van der Waals surface area (Å²) < 4.78 is 36.4. The summed E-state index contributed by atoms with van der Waals surface area (Å²) in [5, 5.41) is 0. The predicted octanol–water partition coefficient (Wildman–Crippen LogP) is 5.59. The van der Waals surface area contributed by atoms with Gasteiger partial charge in [-0.3, -0.25) is 4.90 Å². The normalized spacial score (nSPS) is 16.9. The largest absolute Gasteiger partial charge is 0.493 e. The van der Waals surface area contributed by atoms with Gasteiger partial charge in [-0.2, -0.15) is 0 Å². The van der Waals surface area contributed by atoms with Crippen LogP contribution in [0, 0.1) is 5.82 Å². The number of rotatable bonds is 6. The Kier molecular flexibility index (Phi) is 6.08. The van der Waals surface area contributed by atoms with Gasteiger partial charge in [-0.05, 0) is 65.9 Å². The van der Waals surface area contributed by atoms with Gasteiger partial charge in [-0.25, -0.2) is 4.39 Å². The first-order chi connectivity index (χ1) is 16.1. The van der Waals surface area contributed by atoms with Gasteiger partial charge in [-0.15, -0.1) is 0 Å².